The predicted octanol–water partition coefficient (Wildman–Crippen LogP) is 4.42. The second-order valence-electron chi connectivity index (χ2n) is 4.44. The Bertz CT molecular complexity index is 384. The van der Waals surface area contributed by atoms with E-state index in [1.54, 1.807) is 0 Å². The molecule has 0 aromatic heterocycles. The van der Waals surface area contributed by atoms with Crippen molar-refractivity contribution < 1.29 is 0 Å². The Morgan fingerprint density at radius 3 is 3.00 bits per heavy atom. The molecule has 2 heteroatoms. The number of nitrogens with one attached hydrogen (secondary N) is 1. The van der Waals surface area contributed by atoms with Crippen LogP contribution in [0.15, 0.2) is 30.4 Å². The quantitative estimate of drug-likeness (QED) is 0.765. The van der Waals surface area contributed by atoms with Crippen LogP contribution in [0.1, 0.15) is 24.8 Å². The summed E-state index contributed by atoms with van der Waals surface area (Å²) in [5.74, 6) is 0.767. The third-order valence-electron chi connectivity index (χ3n) is 3.23. The normalized spacial score (nSPS) is 19.8. The van der Waals surface area contributed by atoms with E-state index < -0.39 is 0 Å². The van der Waals surface area contributed by atoms with Crippen molar-refractivity contribution in [1.82, 2.24) is 0 Å². The average molecular weight is 236 g/mol. The van der Waals surface area contributed by atoms with Crippen molar-refractivity contribution in [2.24, 2.45) is 5.92 Å². The second-order valence-corrected chi connectivity index (χ2v) is 4.85. The first-order valence-electron chi connectivity index (χ1n) is 5.91. The molecule has 1 nitrogen and oxygen atoms in total. The number of anilines is 1. The third kappa shape index (κ3) is 2.79. The van der Waals surface area contributed by atoms with E-state index in [0.29, 0.717) is 0 Å². The number of hydrogen-bond acceptors (Lipinski definition) is 1. The van der Waals surface area contributed by atoms with E-state index in [1.165, 1.54) is 24.9 Å². The van der Waals surface area contributed by atoms with Gasteiger partial charge in [-0.15, -0.1) is 0 Å². The Kier molecular flexibility index (Phi) is 3.89. The summed E-state index contributed by atoms with van der Waals surface area (Å²) < 4.78 is 0. The van der Waals surface area contributed by atoms with E-state index in [-0.39, 0.29) is 0 Å². The van der Waals surface area contributed by atoms with Gasteiger partial charge >= 0.3 is 0 Å². The Balaban J connectivity index is 1.94. The fourth-order valence-corrected chi connectivity index (χ4v) is 2.27. The lowest BCUT2D eigenvalue weighted by atomic mass is 9.94. The van der Waals surface area contributed by atoms with Gasteiger partial charge in [0.1, 0.15) is 0 Å². The van der Waals surface area contributed by atoms with Crippen molar-refractivity contribution in [2.45, 2.75) is 26.2 Å². The Morgan fingerprint density at radius 2 is 2.25 bits per heavy atom. The van der Waals surface area contributed by atoms with Crippen molar-refractivity contribution in [2.75, 3.05) is 11.9 Å². The van der Waals surface area contributed by atoms with Crippen LogP contribution in [-0.4, -0.2) is 6.54 Å². The first kappa shape index (κ1) is 11.5. The van der Waals surface area contributed by atoms with Gasteiger partial charge in [-0.2, -0.15) is 0 Å². The molecule has 0 saturated heterocycles. The number of halogens is 1. The summed E-state index contributed by atoms with van der Waals surface area (Å²) >= 11 is 6.08. The van der Waals surface area contributed by atoms with Gasteiger partial charge in [0.25, 0.3) is 0 Å². The lowest BCUT2D eigenvalue weighted by Crippen LogP contribution is -2.15. The number of hydrogen-bond donors (Lipinski definition) is 1. The van der Waals surface area contributed by atoms with E-state index in [9.17, 15) is 0 Å². The summed E-state index contributed by atoms with van der Waals surface area (Å²) in [6, 6.07) is 6.03. The number of benzene rings is 1. The van der Waals surface area contributed by atoms with Crippen LogP contribution < -0.4 is 5.32 Å². The molecular weight excluding hydrogens is 218 g/mol. The van der Waals surface area contributed by atoms with Crippen molar-refractivity contribution in [3.8, 4) is 0 Å². The van der Waals surface area contributed by atoms with E-state index in [0.717, 1.165) is 23.0 Å². The van der Waals surface area contributed by atoms with Crippen LogP contribution in [0.25, 0.3) is 0 Å². The number of rotatable bonds is 3. The molecule has 16 heavy (non-hydrogen) atoms. The largest absolute Gasteiger partial charge is 0.384 e. The van der Waals surface area contributed by atoms with Gasteiger partial charge in [-0.3, -0.25) is 0 Å². The summed E-state index contributed by atoms with van der Waals surface area (Å²) in [5, 5.41) is 4.35. The average Bonchev–Trinajstić information content (AvgIpc) is 2.32. The molecule has 86 valence electrons. The fraction of sp³-hybridized carbons (Fsp3) is 0.429. The van der Waals surface area contributed by atoms with Crippen LogP contribution in [0.4, 0.5) is 5.69 Å². The molecule has 1 N–H and O–H groups in total. The van der Waals surface area contributed by atoms with Gasteiger partial charge in [0.15, 0.2) is 0 Å². The maximum atomic E-state index is 6.08. The van der Waals surface area contributed by atoms with Crippen LogP contribution in [0, 0.1) is 12.8 Å². The van der Waals surface area contributed by atoms with Gasteiger partial charge in [-0.1, -0.05) is 29.8 Å². The third-order valence-corrected chi connectivity index (χ3v) is 3.64. The van der Waals surface area contributed by atoms with Crippen molar-refractivity contribution >= 4 is 17.3 Å². The zero-order valence-corrected chi connectivity index (χ0v) is 10.4. The summed E-state index contributed by atoms with van der Waals surface area (Å²) in [4.78, 5) is 0. The van der Waals surface area contributed by atoms with Crippen molar-refractivity contribution in [3.63, 3.8) is 0 Å². The fourth-order valence-electron chi connectivity index (χ4n) is 2.09. The minimum atomic E-state index is 0.767. The maximum absolute atomic E-state index is 6.08. The van der Waals surface area contributed by atoms with Crippen LogP contribution >= 0.6 is 11.6 Å². The highest BCUT2D eigenvalue weighted by atomic mass is 35.5. The van der Waals surface area contributed by atoms with Gasteiger partial charge < -0.3 is 5.32 Å². The molecule has 1 atom stereocenters. The van der Waals surface area contributed by atoms with Gasteiger partial charge in [0, 0.05) is 17.3 Å². The van der Waals surface area contributed by atoms with Crippen LogP contribution in [-0.2, 0) is 0 Å². The lowest BCUT2D eigenvalue weighted by Gasteiger charge is -2.19. The minimum Gasteiger partial charge on any atom is -0.384 e. The SMILES string of the molecule is Cc1c(Cl)cccc1NCC1CC=CCC1. The maximum Gasteiger partial charge on any atom is 0.0455 e. The summed E-state index contributed by atoms with van der Waals surface area (Å²) in [6.45, 7) is 3.11. The summed E-state index contributed by atoms with van der Waals surface area (Å²) in [5.41, 5.74) is 2.32. The van der Waals surface area contributed by atoms with Crippen LogP contribution in [0.2, 0.25) is 5.02 Å². The van der Waals surface area contributed by atoms with E-state index in [4.69, 9.17) is 11.6 Å². The highest BCUT2D eigenvalue weighted by molar-refractivity contribution is 6.31. The van der Waals surface area contributed by atoms with E-state index >= 15 is 0 Å². The first-order valence-corrected chi connectivity index (χ1v) is 6.29. The molecule has 0 aliphatic heterocycles. The van der Waals surface area contributed by atoms with Gasteiger partial charge in [0.2, 0.25) is 0 Å². The molecule has 0 saturated carbocycles. The first-order chi connectivity index (χ1) is 7.77. The molecule has 1 unspecified atom stereocenters. The van der Waals surface area contributed by atoms with E-state index in [1.807, 2.05) is 12.1 Å². The van der Waals surface area contributed by atoms with Gasteiger partial charge in [-0.25, -0.2) is 0 Å². The highest BCUT2D eigenvalue weighted by Crippen LogP contribution is 2.24. The Labute approximate surface area is 103 Å². The van der Waals surface area contributed by atoms with Crippen LogP contribution in [0.3, 0.4) is 0 Å². The molecule has 0 heterocycles. The lowest BCUT2D eigenvalue weighted by molar-refractivity contribution is 0.504. The molecule has 0 radical (unpaired) electrons. The molecule has 0 fully saturated rings. The number of allylic oxidation sites excluding steroid dienone is 2. The zero-order valence-electron chi connectivity index (χ0n) is 9.67. The van der Waals surface area contributed by atoms with Gasteiger partial charge in [0.05, 0.1) is 0 Å². The molecule has 0 spiro atoms. The molecular formula is C14H18ClN. The van der Waals surface area contributed by atoms with Crippen LogP contribution in [0.5, 0.6) is 0 Å². The predicted molar refractivity (Wildman–Crippen MR) is 71.2 cm³/mol. The summed E-state index contributed by atoms with van der Waals surface area (Å²) in [6.07, 6.45) is 8.29. The minimum absolute atomic E-state index is 0.767. The summed E-state index contributed by atoms with van der Waals surface area (Å²) in [7, 11) is 0. The smallest absolute Gasteiger partial charge is 0.0455 e. The second kappa shape index (κ2) is 5.40. The van der Waals surface area contributed by atoms with E-state index in [2.05, 4.69) is 30.5 Å². The van der Waals surface area contributed by atoms with Gasteiger partial charge in [-0.05, 0) is 49.8 Å². The van der Waals surface area contributed by atoms with Crippen molar-refractivity contribution in [3.05, 3.63) is 40.9 Å². The monoisotopic (exact) mass is 235 g/mol. The molecule has 0 amide bonds. The standard InChI is InChI=1S/C14H18ClN/c1-11-13(15)8-5-9-14(11)16-10-12-6-3-2-4-7-12/h2-3,5,8-9,12,16H,4,6-7,10H2,1H3. The molecule has 1 aliphatic rings. The van der Waals surface area contributed by atoms with Crippen molar-refractivity contribution in [1.29, 1.82) is 0 Å². The topological polar surface area (TPSA) is 12.0 Å². The zero-order chi connectivity index (χ0) is 11.4. The Morgan fingerprint density at radius 1 is 1.38 bits per heavy atom. The Hall–Kier alpha value is -0.950. The molecule has 2 rings (SSSR count). The molecule has 1 aliphatic carbocycles. The molecule has 1 aromatic rings. The molecule has 0 bridgehead atoms. The highest BCUT2D eigenvalue weighted by Gasteiger charge is 2.10. The molecule has 1 aromatic carbocycles.